The second-order valence-corrected chi connectivity index (χ2v) is 4.43. The third kappa shape index (κ3) is 5.45. The number of nitrogens with one attached hydrogen (secondary N) is 1. The zero-order chi connectivity index (χ0) is 12.7. The maximum atomic E-state index is 11.8. The highest BCUT2D eigenvalue weighted by molar-refractivity contribution is 5.76. The van der Waals surface area contributed by atoms with Gasteiger partial charge in [-0.15, -0.1) is 0 Å². The van der Waals surface area contributed by atoms with Crippen LogP contribution in [0.4, 0.5) is 0 Å². The van der Waals surface area contributed by atoms with Crippen molar-refractivity contribution in [1.29, 1.82) is 0 Å². The molecule has 0 aliphatic heterocycles. The summed E-state index contributed by atoms with van der Waals surface area (Å²) in [6.07, 6.45) is 2.27. The van der Waals surface area contributed by atoms with Gasteiger partial charge in [0.1, 0.15) is 0 Å². The van der Waals surface area contributed by atoms with Crippen molar-refractivity contribution >= 4 is 5.91 Å². The molecule has 0 aliphatic carbocycles. The van der Waals surface area contributed by atoms with Gasteiger partial charge in [-0.2, -0.15) is 0 Å². The topological polar surface area (TPSA) is 45.2 Å². The Kier molecular flexibility index (Phi) is 5.63. The molecule has 4 heteroatoms. The SMILES string of the molecule is CC(C)NCCC(=O)N(C)Cc1ccccn1. The Balaban J connectivity index is 2.32. The van der Waals surface area contributed by atoms with Gasteiger partial charge < -0.3 is 10.2 Å². The first-order chi connectivity index (χ1) is 8.09. The van der Waals surface area contributed by atoms with E-state index in [2.05, 4.69) is 24.1 Å². The molecule has 1 N–H and O–H groups in total. The van der Waals surface area contributed by atoms with E-state index in [4.69, 9.17) is 0 Å². The monoisotopic (exact) mass is 235 g/mol. The first-order valence-electron chi connectivity index (χ1n) is 5.97. The summed E-state index contributed by atoms with van der Waals surface area (Å²) < 4.78 is 0. The normalized spacial score (nSPS) is 10.6. The van der Waals surface area contributed by atoms with E-state index in [0.29, 0.717) is 19.0 Å². The molecule has 0 bridgehead atoms. The number of carbonyl (C=O) groups is 1. The van der Waals surface area contributed by atoms with Crippen molar-refractivity contribution in [2.45, 2.75) is 32.9 Å². The third-order valence-electron chi connectivity index (χ3n) is 2.44. The van der Waals surface area contributed by atoms with Crippen LogP contribution in [0, 0.1) is 0 Å². The van der Waals surface area contributed by atoms with Gasteiger partial charge in [0.2, 0.25) is 5.91 Å². The molecule has 0 saturated carbocycles. The van der Waals surface area contributed by atoms with Crippen molar-refractivity contribution in [3.63, 3.8) is 0 Å². The fourth-order valence-corrected chi connectivity index (χ4v) is 1.48. The first kappa shape index (κ1) is 13.6. The molecule has 0 aromatic carbocycles. The van der Waals surface area contributed by atoms with E-state index in [-0.39, 0.29) is 5.91 Å². The van der Waals surface area contributed by atoms with Crippen molar-refractivity contribution in [3.8, 4) is 0 Å². The molecular weight excluding hydrogens is 214 g/mol. The minimum atomic E-state index is 0.142. The number of nitrogens with zero attached hydrogens (tertiary/aromatic N) is 2. The Labute approximate surface area is 103 Å². The standard InChI is InChI=1S/C13H21N3O/c1-11(2)14-9-7-13(17)16(3)10-12-6-4-5-8-15-12/h4-6,8,11,14H,7,9-10H2,1-3H3. The van der Waals surface area contributed by atoms with Gasteiger partial charge in [0.25, 0.3) is 0 Å². The van der Waals surface area contributed by atoms with E-state index < -0.39 is 0 Å². The summed E-state index contributed by atoms with van der Waals surface area (Å²) in [6.45, 7) is 5.44. The highest BCUT2D eigenvalue weighted by atomic mass is 16.2. The molecule has 0 radical (unpaired) electrons. The van der Waals surface area contributed by atoms with Crippen molar-refractivity contribution in [3.05, 3.63) is 30.1 Å². The lowest BCUT2D eigenvalue weighted by atomic mass is 10.3. The summed E-state index contributed by atoms with van der Waals surface area (Å²) in [7, 11) is 1.81. The van der Waals surface area contributed by atoms with Crippen LogP contribution < -0.4 is 5.32 Å². The van der Waals surface area contributed by atoms with E-state index in [0.717, 1.165) is 12.2 Å². The lowest BCUT2D eigenvalue weighted by molar-refractivity contribution is -0.130. The van der Waals surface area contributed by atoms with Crippen LogP contribution in [0.3, 0.4) is 0 Å². The molecule has 1 aromatic rings. The second kappa shape index (κ2) is 7.01. The summed E-state index contributed by atoms with van der Waals surface area (Å²) in [5, 5.41) is 3.23. The van der Waals surface area contributed by atoms with E-state index in [9.17, 15) is 4.79 Å². The molecule has 1 rings (SSSR count). The van der Waals surface area contributed by atoms with Crippen LogP contribution in [-0.2, 0) is 11.3 Å². The number of rotatable bonds is 6. The van der Waals surface area contributed by atoms with Crippen LogP contribution in [0.5, 0.6) is 0 Å². The molecule has 0 unspecified atom stereocenters. The lowest BCUT2D eigenvalue weighted by Crippen LogP contribution is -2.31. The van der Waals surface area contributed by atoms with Crippen LogP contribution in [0.25, 0.3) is 0 Å². The minimum Gasteiger partial charge on any atom is -0.340 e. The predicted molar refractivity (Wildman–Crippen MR) is 68.5 cm³/mol. The van der Waals surface area contributed by atoms with Crippen LogP contribution >= 0.6 is 0 Å². The molecule has 4 nitrogen and oxygen atoms in total. The zero-order valence-electron chi connectivity index (χ0n) is 10.8. The summed E-state index contributed by atoms with van der Waals surface area (Å²) in [6, 6.07) is 6.15. The zero-order valence-corrected chi connectivity index (χ0v) is 10.8. The van der Waals surface area contributed by atoms with Crippen LogP contribution in [0.15, 0.2) is 24.4 Å². The lowest BCUT2D eigenvalue weighted by Gasteiger charge is -2.17. The highest BCUT2D eigenvalue weighted by Crippen LogP contribution is 2.00. The molecule has 1 heterocycles. The van der Waals surface area contributed by atoms with Gasteiger partial charge in [0.15, 0.2) is 0 Å². The number of carbonyl (C=O) groups excluding carboxylic acids is 1. The largest absolute Gasteiger partial charge is 0.340 e. The Morgan fingerprint density at radius 1 is 1.47 bits per heavy atom. The van der Waals surface area contributed by atoms with E-state index in [1.54, 1.807) is 11.1 Å². The Morgan fingerprint density at radius 3 is 2.82 bits per heavy atom. The Bertz CT molecular complexity index is 338. The van der Waals surface area contributed by atoms with Crippen molar-refractivity contribution in [1.82, 2.24) is 15.2 Å². The number of amides is 1. The Hall–Kier alpha value is -1.42. The van der Waals surface area contributed by atoms with E-state index in [1.165, 1.54) is 0 Å². The minimum absolute atomic E-state index is 0.142. The van der Waals surface area contributed by atoms with Gasteiger partial charge in [0, 0.05) is 32.3 Å². The quantitative estimate of drug-likeness (QED) is 0.811. The van der Waals surface area contributed by atoms with Gasteiger partial charge in [-0.1, -0.05) is 19.9 Å². The van der Waals surface area contributed by atoms with Gasteiger partial charge in [-0.25, -0.2) is 0 Å². The average molecular weight is 235 g/mol. The first-order valence-corrected chi connectivity index (χ1v) is 5.97. The molecular formula is C13H21N3O. The van der Waals surface area contributed by atoms with Gasteiger partial charge in [0.05, 0.1) is 12.2 Å². The fraction of sp³-hybridized carbons (Fsp3) is 0.538. The molecule has 0 aliphatic rings. The van der Waals surface area contributed by atoms with E-state index >= 15 is 0 Å². The molecule has 0 atom stereocenters. The predicted octanol–water partition coefficient (Wildman–Crippen LogP) is 1.43. The number of pyridine rings is 1. The molecule has 0 fully saturated rings. The maximum Gasteiger partial charge on any atom is 0.223 e. The summed E-state index contributed by atoms with van der Waals surface area (Å²) in [4.78, 5) is 17.7. The van der Waals surface area contributed by atoms with Gasteiger partial charge in [-0.3, -0.25) is 9.78 Å². The molecule has 0 saturated heterocycles. The highest BCUT2D eigenvalue weighted by Gasteiger charge is 2.09. The van der Waals surface area contributed by atoms with Crippen molar-refractivity contribution in [2.24, 2.45) is 0 Å². The number of hydrogen-bond acceptors (Lipinski definition) is 3. The summed E-state index contributed by atoms with van der Waals surface area (Å²) in [5.41, 5.74) is 0.917. The number of aromatic nitrogens is 1. The molecule has 0 spiro atoms. The summed E-state index contributed by atoms with van der Waals surface area (Å²) in [5.74, 6) is 0.142. The van der Waals surface area contributed by atoms with E-state index in [1.807, 2.05) is 25.2 Å². The smallest absolute Gasteiger partial charge is 0.223 e. The third-order valence-corrected chi connectivity index (χ3v) is 2.44. The van der Waals surface area contributed by atoms with Crippen molar-refractivity contribution in [2.75, 3.05) is 13.6 Å². The van der Waals surface area contributed by atoms with Crippen LogP contribution in [0.2, 0.25) is 0 Å². The van der Waals surface area contributed by atoms with Crippen LogP contribution in [0.1, 0.15) is 26.0 Å². The molecule has 17 heavy (non-hydrogen) atoms. The molecule has 1 aromatic heterocycles. The molecule has 1 amide bonds. The second-order valence-electron chi connectivity index (χ2n) is 4.43. The summed E-state index contributed by atoms with van der Waals surface area (Å²) >= 11 is 0. The number of hydrogen-bond donors (Lipinski definition) is 1. The van der Waals surface area contributed by atoms with Gasteiger partial charge in [-0.05, 0) is 12.1 Å². The van der Waals surface area contributed by atoms with Crippen molar-refractivity contribution < 1.29 is 4.79 Å². The van der Waals surface area contributed by atoms with Gasteiger partial charge >= 0.3 is 0 Å². The van der Waals surface area contributed by atoms with Crippen LogP contribution in [-0.4, -0.2) is 35.4 Å². The molecule has 94 valence electrons. The average Bonchev–Trinajstić information content (AvgIpc) is 2.29. The maximum absolute atomic E-state index is 11.8. The fourth-order valence-electron chi connectivity index (χ4n) is 1.48. The Morgan fingerprint density at radius 2 is 2.24 bits per heavy atom.